The highest BCUT2D eigenvalue weighted by molar-refractivity contribution is 5.88. The number of aliphatic hydroxyl groups is 6. The topological polar surface area (TPSA) is 269 Å². The predicted octanol–water partition coefficient (Wildman–Crippen LogP) is -2.08. The van der Waals surface area contributed by atoms with Gasteiger partial charge in [0.2, 0.25) is 17.5 Å². The lowest BCUT2D eigenvalue weighted by Crippen LogP contribution is -2.62. The first kappa shape index (κ1) is 29.8. The van der Waals surface area contributed by atoms with E-state index in [1.165, 1.54) is 6.07 Å². The molecule has 10 N–H and O–H groups in total. The third kappa shape index (κ3) is 5.19. The van der Waals surface area contributed by atoms with E-state index in [1.54, 1.807) is 0 Å². The molecule has 3 aromatic rings. The van der Waals surface area contributed by atoms with E-state index in [9.17, 15) is 55.9 Å². The highest BCUT2D eigenvalue weighted by atomic mass is 16.7. The average Bonchev–Trinajstić information content (AvgIpc) is 3.22. The quantitative estimate of drug-likeness (QED) is 0.131. The van der Waals surface area contributed by atoms with Crippen LogP contribution in [0.4, 0.5) is 0 Å². The Bertz CT molecular complexity index is 1500. The number of aromatic hydroxyl groups is 4. The number of fused-ring (bicyclic) bond motifs is 1. The number of phenolic OH excluding ortho intramolecular Hbond substituents is 4. The fourth-order valence-corrected chi connectivity index (χ4v) is 4.80. The van der Waals surface area contributed by atoms with Crippen molar-refractivity contribution in [1.29, 1.82) is 0 Å². The summed E-state index contributed by atoms with van der Waals surface area (Å²) in [5.74, 6) is -3.33. The Hall–Kier alpha value is -3.71. The second-order valence-electron chi connectivity index (χ2n) is 9.76. The molecule has 2 saturated heterocycles. The highest BCUT2D eigenvalue weighted by Crippen LogP contribution is 2.39. The van der Waals surface area contributed by atoms with Crippen LogP contribution in [-0.4, -0.2) is 120 Å². The van der Waals surface area contributed by atoms with E-state index in [4.69, 9.17) is 23.4 Å². The van der Waals surface area contributed by atoms with Gasteiger partial charge in [-0.25, -0.2) is 0 Å². The van der Waals surface area contributed by atoms with Crippen LogP contribution in [0.3, 0.4) is 0 Å². The molecule has 0 aliphatic carbocycles. The van der Waals surface area contributed by atoms with Gasteiger partial charge in [0.1, 0.15) is 65.2 Å². The first-order valence-electron chi connectivity index (χ1n) is 12.6. The van der Waals surface area contributed by atoms with Crippen LogP contribution in [0, 0.1) is 0 Å². The molecule has 0 amide bonds. The van der Waals surface area contributed by atoms with Crippen LogP contribution in [0.15, 0.2) is 39.5 Å². The second kappa shape index (κ2) is 11.5. The molecule has 0 bridgehead atoms. The number of hydrogen-bond donors (Lipinski definition) is 10. The monoisotopic (exact) mass is 596 g/mol. The van der Waals surface area contributed by atoms with Gasteiger partial charge in [-0.2, -0.15) is 0 Å². The summed E-state index contributed by atoms with van der Waals surface area (Å²) < 4.78 is 27.7. The normalized spacial score (nSPS) is 31.4. The first-order chi connectivity index (χ1) is 19.9. The molecule has 16 heteroatoms. The zero-order valence-electron chi connectivity index (χ0n) is 21.4. The van der Waals surface area contributed by atoms with E-state index in [2.05, 4.69) is 0 Å². The van der Waals surface area contributed by atoms with Crippen molar-refractivity contribution in [3.05, 3.63) is 40.6 Å². The molecule has 42 heavy (non-hydrogen) atoms. The van der Waals surface area contributed by atoms with Gasteiger partial charge in [0.15, 0.2) is 23.5 Å². The van der Waals surface area contributed by atoms with Gasteiger partial charge < -0.3 is 74.4 Å². The number of benzene rings is 2. The maximum Gasteiger partial charge on any atom is 0.239 e. The number of aliphatic hydroxyl groups excluding tert-OH is 6. The van der Waals surface area contributed by atoms with Gasteiger partial charge in [0.25, 0.3) is 0 Å². The Balaban J connectivity index is 1.50. The third-order valence-electron chi connectivity index (χ3n) is 7.00. The van der Waals surface area contributed by atoms with Crippen LogP contribution in [-0.2, 0) is 14.2 Å². The van der Waals surface area contributed by atoms with Crippen molar-refractivity contribution in [2.45, 2.75) is 55.3 Å². The van der Waals surface area contributed by atoms with Crippen LogP contribution >= 0.6 is 0 Å². The van der Waals surface area contributed by atoms with E-state index in [1.807, 2.05) is 0 Å². The molecule has 2 aliphatic rings. The third-order valence-corrected chi connectivity index (χ3v) is 7.00. The van der Waals surface area contributed by atoms with Gasteiger partial charge >= 0.3 is 0 Å². The van der Waals surface area contributed by atoms with E-state index < -0.39 is 114 Å². The van der Waals surface area contributed by atoms with Crippen LogP contribution in [0.1, 0.15) is 0 Å². The molecule has 0 unspecified atom stereocenters. The summed E-state index contributed by atoms with van der Waals surface area (Å²) in [5.41, 5.74) is -1.35. The molecular weight excluding hydrogens is 568 g/mol. The molecule has 0 saturated carbocycles. The summed E-state index contributed by atoms with van der Waals surface area (Å²) in [6.45, 7) is -1.50. The lowest BCUT2D eigenvalue weighted by molar-refractivity contribution is -0.315. The zero-order valence-corrected chi connectivity index (χ0v) is 21.4. The zero-order chi connectivity index (χ0) is 30.5. The second-order valence-corrected chi connectivity index (χ2v) is 9.76. The Morgan fingerprint density at radius 3 is 2.05 bits per heavy atom. The Morgan fingerprint density at radius 1 is 0.738 bits per heavy atom. The lowest BCUT2D eigenvalue weighted by atomic mass is 9.98. The molecular formula is C26H28O16. The molecule has 2 aliphatic heterocycles. The highest BCUT2D eigenvalue weighted by Gasteiger charge is 2.51. The Labute approximate surface area is 235 Å². The molecule has 0 radical (unpaired) electrons. The van der Waals surface area contributed by atoms with Gasteiger partial charge in [-0.3, -0.25) is 4.79 Å². The number of phenols is 4. The SMILES string of the molecule is O=c1c(O[C@H]2O[C@@H](CO)[C@H](O[C@@H]3O[C@@H](CO)[C@H](O)[C@@H]3O)[C@@H](O)[C@@H]2O)c(-c2ccc(O)c(O)c2)oc2cc(O)cc(O)c12. The predicted molar refractivity (Wildman–Crippen MR) is 136 cm³/mol. The average molecular weight is 596 g/mol. The van der Waals surface area contributed by atoms with Gasteiger partial charge in [-0.1, -0.05) is 0 Å². The standard InChI is InChI=1S/C26H28O16/c27-6-14-17(33)20(36)25(39-14)41-23-15(7-28)40-26(21(37)19(23)35)42-24-18(34)16-12(32)4-9(29)5-13(16)38-22(24)8-1-2-10(30)11(31)3-8/h1-5,14-15,17,19-21,23,25-33,35-37H,6-7H2/t14-,15-,17-,19-,20-,21-,23-,25-,26+/m0/s1. The van der Waals surface area contributed by atoms with Crippen LogP contribution in [0.2, 0.25) is 0 Å². The molecule has 1 aromatic heterocycles. The summed E-state index contributed by atoms with van der Waals surface area (Å²) >= 11 is 0. The minimum atomic E-state index is -1.99. The molecule has 16 nitrogen and oxygen atoms in total. The molecule has 0 spiro atoms. The smallest absolute Gasteiger partial charge is 0.239 e. The van der Waals surface area contributed by atoms with Crippen LogP contribution in [0.25, 0.3) is 22.3 Å². The summed E-state index contributed by atoms with van der Waals surface area (Å²) in [6, 6.07) is 5.23. The minimum absolute atomic E-state index is 0.0303. The Kier molecular flexibility index (Phi) is 8.17. The van der Waals surface area contributed by atoms with Crippen molar-refractivity contribution >= 4 is 11.0 Å². The fraction of sp³-hybridized carbons (Fsp3) is 0.423. The molecule has 5 rings (SSSR count). The van der Waals surface area contributed by atoms with Gasteiger partial charge in [0, 0.05) is 17.7 Å². The molecule has 2 fully saturated rings. The van der Waals surface area contributed by atoms with Crippen molar-refractivity contribution in [3.8, 4) is 40.1 Å². The summed E-state index contributed by atoms with van der Waals surface area (Å²) in [6.07, 6.45) is -14.8. The molecule has 228 valence electrons. The lowest BCUT2D eigenvalue weighted by Gasteiger charge is -2.42. The minimum Gasteiger partial charge on any atom is -0.508 e. The van der Waals surface area contributed by atoms with E-state index >= 15 is 0 Å². The maximum absolute atomic E-state index is 13.5. The summed E-state index contributed by atoms with van der Waals surface area (Å²) in [7, 11) is 0. The van der Waals surface area contributed by atoms with Gasteiger partial charge in [-0.15, -0.1) is 0 Å². The van der Waals surface area contributed by atoms with Crippen molar-refractivity contribution in [1.82, 2.24) is 0 Å². The van der Waals surface area contributed by atoms with E-state index in [0.29, 0.717) is 0 Å². The number of rotatable bonds is 7. The van der Waals surface area contributed by atoms with Crippen molar-refractivity contribution < 1.29 is 74.4 Å². The largest absolute Gasteiger partial charge is 0.508 e. The number of ether oxygens (including phenoxy) is 4. The van der Waals surface area contributed by atoms with Gasteiger partial charge in [0.05, 0.1) is 13.2 Å². The van der Waals surface area contributed by atoms with Crippen molar-refractivity contribution in [2.75, 3.05) is 13.2 Å². The molecule has 9 atom stereocenters. The molecule has 2 aromatic carbocycles. The number of hydrogen-bond acceptors (Lipinski definition) is 16. The van der Waals surface area contributed by atoms with Gasteiger partial charge in [-0.05, 0) is 18.2 Å². The van der Waals surface area contributed by atoms with Crippen molar-refractivity contribution in [2.24, 2.45) is 0 Å². The molecule has 3 heterocycles. The maximum atomic E-state index is 13.5. The Morgan fingerprint density at radius 2 is 1.40 bits per heavy atom. The summed E-state index contributed by atoms with van der Waals surface area (Å²) in [4.78, 5) is 13.5. The van der Waals surface area contributed by atoms with E-state index in [0.717, 1.165) is 24.3 Å². The fourth-order valence-electron chi connectivity index (χ4n) is 4.80. The van der Waals surface area contributed by atoms with Crippen LogP contribution < -0.4 is 10.2 Å². The van der Waals surface area contributed by atoms with E-state index in [-0.39, 0.29) is 11.1 Å². The van der Waals surface area contributed by atoms with Crippen molar-refractivity contribution in [3.63, 3.8) is 0 Å². The first-order valence-corrected chi connectivity index (χ1v) is 12.6. The van der Waals surface area contributed by atoms with Crippen LogP contribution in [0.5, 0.6) is 28.7 Å². The summed E-state index contributed by atoms with van der Waals surface area (Å²) in [5, 5.41) is 101.